The maximum absolute atomic E-state index is 13.9. The molecule has 3 aliphatic heterocycles. The van der Waals surface area contributed by atoms with Gasteiger partial charge < -0.3 is 29.9 Å². The maximum atomic E-state index is 13.9. The molecular weight excluding hydrogens is 491 g/mol. The van der Waals surface area contributed by atoms with Crippen LogP contribution >= 0.6 is 0 Å². The first kappa shape index (κ1) is 26.0. The van der Waals surface area contributed by atoms with E-state index in [1.807, 2.05) is 39.5 Å². The third kappa shape index (κ3) is 4.81. The molecule has 4 atom stereocenters. The Balaban J connectivity index is 1.32. The lowest BCUT2D eigenvalue weighted by Crippen LogP contribution is -2.61. The zero-order valence-corrected chi connectivity index (χ0v) is 22.4. The molecule has 2 amide bonds. The van der Waals surface area contributed by atoms with Gasteiger partial charge in [-0.1, -0.05) is 6.07 Å². The molecule has 3 aliphatic rings. The largest absolute Gasteiger partial charge is 0.504 e. The van der Waals surface area contributed by atoms with Crippen molar-refractivity contribution in [3.8, 4) is 17.0 Å². The maximum Gasteiger partial charge on any atom is 0.410 e. The van der Waals surface area contributed by atoms with E-state index in [0.717, 1.165) is 5.69 Å². The zero-order valence-electron chi connectivity index (χ0n) is 22.4. The Morgan fingerprint density at radius 3 is 2.53 bits per heavy atom. The summed E-state index contributed by atoms with van der Waals surface area (Å²) in [6, 6.07) is 5.89. The van der Waals surface area contributed by atoms with Gasteiger partial charge in [0.25, 0.3) is 0 Å². The van der Waals surface area contributed by atoms with Crippen molar-refractivity contribution >= 4 is 23.5 Å². The summed E-state index contributed by atoms with van der Waals surface area (Å²) in [7, 11) is 0. The molecule has 0 radical (unpaired) electrons. The fourth-order valence-corrected chi connectivity index (χ4v) is 5.82. The Labute approximate surface area is 221 Å². The molecule has 5 rings (SSSR count). The van der Waals surface area contributed by atoms with Crippen LogP contribution < -0.4 is 10.2 Å². The minimum atomic E-state index is -0.722. The zero-order chi connectivity index (χ0) is 27.4. The Kier molecular flexibility index (Phi) is 6.56. The summed E-state index contributed by atoms with van der Waals surface area (Å²) >= 11 is 0. The van der Waals surface area contributed by atoms with Crippen LogP contribution in [0, 0.1) is 11.7 Å². The van der Waals surface area contributed by atoms with Crippen molar-refractivity contribution in [1.82, 2.24) is 20.0 Å². The molecule has 0 spiro atoms. The van der Waals surface area contributed by atoms with E-state index in [2.05, 4.69) is 20.4 Å². The summed E-state index contributed by atoms with van der Waals surface area (Å²) in [6.07, 6.45) is 0.324. The number of aromatic nitrogens is 2. The predicted octanol–water partition coefficient (Wildman–Crippen LogP) is 3.47. The van der Waals surface area contributed by atoms with E-state index >= 15 is 0 Å². The predicted molar refractivity (Wildman–Crippen MR) is 140 cm³/mol. The number of rotatable bonds is 2. The van der Waals surface area contributed by atoms with E-state index in [1.54, 1.807) is 17.0 Å². The summed E-state index contributed by atoms with van der Waals surface area (Å²) < 4.78 is 19.5. The summed E-state index contributed by atoms with van der Waals surface area (Å²) in [5.41, 5.74) is 0.826. The molecule has 4 heterocycles. The molecule has 0 saturated carbocycles. The molecule has 2 fully saturated rings. The average molecular weight is 527 g/mol. The second-order valence-corrected chi connectivity index (χ2v) is 11.5. The number of ether oxygens (including phenoxy) is 1. The molecule has 0 bridgehead atoms. The topological polar surface area (TPSA) is 111 Å². The van der Waals surface area contributed by atoms with Crippen LogP contribution in [0.4, 0.5) is 20.7 Å². The SMILES string of the molecule is C[C@@H]1CN(C(=O)OC(C)(C)C)C[C@H](C)N1C(=O)[C@@H]1C[C@@H]2CNc3nnc(-c4cccc(F)c4O)cc3N2C1. The molecule has 1 aromatic carbocycles. The van der Waals surface area contributed by atoms with Crippen LogP contribution in [0.2, 0.25) is 0 Å². The van der Waals surface area contributed by atoms with Crippen molar-refractivity contribution in [2.24, 2.45) is 5.92 Å². The number of benzene rings is 1. The number of aromatic hydroxyl groups is 1. The first-order chi connectivity index (χ1) is 17.9. The van der Waals surface area contributed by atoms with Crippen LogP contribution in [-0.2, 0) is 9.53 Å². The van der Waals surface area contributed by atoms with Gasteiger partial charge in [-0.05, 0) is 59.2 Å². The molecule has 2 N–H and O–H groups in total. The van der Waals surface area contributed by atoms with Gasteiger partial charge in [0.1, 0.15) is 5.60 Å². The number of hydrogen-bond acceptors (Lipinski definition) is 8. The summed E-state index contributed by atoms with van der Waals surface area (Å²) in [5.74, 6) is -0.730. The lowest BCUT2D eigenvalue weighted by molar-refractivity contribution is -0.142. The van der Waals surface area contributed by atoms with E-state index in [9.17, 15) is 19.1 Å². The number of phenolic OH excluding ortho intramolecular Hbond substituents is 1. The second kappa shape index (κ2) is 9.59. The number of carbonyl (C=O) groups excluding carboxylic acids is 2. The number of hydrogen-bond donors (Lipinski definition) is 2. The molecule has 204 valence electrons. The Morgan fingerprint density at radius 2 is 1.84 bits per heavy atom. The van der Waals surface area contributed by atoms with Gasteiger partial charge in [-0.25, -0.2) is 9.18 Å². The lowest BCUT2D eigenvalue weighted by Gasteiger charge is -2.45. The molecular formula is C27H35FN6O4. The number of nitrogens with zero attached hydrogens (tertiary/aromatic N) is 5. The molecule has 38 heavy (non-hydrogen) atoms. The van der Waals surface area contributed by atoms with Crippen molar-refractivity contribution < 1.29 is 23.8 Å². The molecule has 10 nitrogen and oxygen atoms in total. The van der Waals surface area contributed by atoms with Gasteiger partial charge in [-0.3, -0.25) is 4.79 Å². The number of phenols is 1. The van der Waals surface area contributed by atoms with Gasteiger partial charge in [-0.2, -0.15) is 0 Å². The van der Waals surface area contributed by atoms with E-state index in [1.165, 1.54) is 12.1 Å². The van der Waals surface area contributed by atoms with Crippen molar-refractivity contribution in [2.45, 2.75) is 64.8 Å². The van der Waals surface area contributed by atoms with E-state index < -0.39 is 17.2 Å². The standard InChI is InChI=1S/C27H35FN6O4/c1-15-12-32(26(37)38-27(3,4)5)13-16(2)34(15)25(36)17-9-18-11-29-24-22(33(18)14-17)10-21(30-31-24)19-7-6-8-20(28)23(19)35/h6-8,10,15-18,35H,9,11-14H2,1-5H3,(H,29,31)/t15-,16+,17-,18-/m1/s1. The van der Waals surface area contributed by atoms with Crippen LogP contribution in [0.3, 0.4) is 0 Å². The van der Waals surface area contributed by atoms with Crippen LogP contribution in [-0.4, -0.2) is 87.0 Å². The average Bonchev–Trinajstić information content (AvgIpc) is 3.29. The summed E-state index contributed by atoms with van der Waals surface area (Å²) in [5, 5.41) is 22.0. The fraction of sp³-hybridized carbons (Fsp3) is 0.556. The van der Waals surface area contributed by atoms with Crippen LogP contribution in [0.15, 0.2) is 24.3 Å². The number of para-hydroxylation sites is 1. The first-order valence-electron chi connectivity index (χ1n) is 13.1. The molecule has 2 saturated heterocycles. The Hall–Kier alpha value is -3.63. The second-order valence-electron chi connectivity index (χ2n) is 11.5. The molecule has 0 unspecified atom stereocenters. The number of fused-ring (bicyclic) bond motifs is 3. The van der Waals surface area contributed by atoms with Crippen LogP contribution in [0.25, 0.3) is 11.3 Å². The van der Waals surface area contributed by atoms with Crippen molar-refractivity contribution in [2.75, 3.05) is 36.4 Å². The van der Waals surface area contributed by atoms with Gasteiger partial charge >= 0.3 is 6.09 Å². The Morgan fingerprint density at radius 1 is 1.13 bits per heavy atom. The number of nitrogens with one attached hydrogen (secondary N) is 1. The highest BCUT2D eigenvalue weighted by atomic mass is 19.1. The monoisotopic (exact) mass is 526 g/mol. The first-order valence-corrected chi connectivity index (χ1v) is 13.1. The minimum absolute atomic E-state index is 0.0785. The highest BCUT2D eigenvalue weighted by molar-refractivity contribution is 5.83. The highest BCUT2D eigenvalue weighted by Crippen LogP contribution is 2.40. The van der Waals surface area contributed by atoms with Gasteiger partial charge in [0, 0.05) is 49.9 Å². The van der Waals surface area contributed by atoms with E-state index in [4.69, 9.17) is 4.74 Å². The number of amides is 2. The van der Waals surface area contributed by atoms with Gasteiger partial charge in [0.15, 0.2) is 17.4 Å². The normalized spacial score (nSPS) is 24.9. The summed E-state index contributed by atoms with van der Waals surface area (Å²) in [4.78, 5) is 32.2. The smallest absolute Gasteiger partial charge is 0.410 e. The minimum Gasteiger partial charge on any atom is -0.504 e. The third-order valence-corrected chi connectivity index (χ3v) is 7.44. The van der Waals surface area contributed by atoms with Crippen molar-refractivity contribution in [3.63, 3.8) is 0 Å². The lowest BCUT2D eigenvalue weighted by atomic mass is 9.99. The van der Waals surface area contributed by atoms with Crippen LogP contribution in [0.1, 0.15) is 41.0 Å². The Bertz CT molecular complexity index is 1240. The molecule has 11 heteroatoms. The van der Waals surface area contributed by atoms with E-state index in [0.29, 0.717) is 44.1 Å². The number of carbonyl (C=O) groups is 2. The fourth-order valence-electron chi connectivity index (χ4n) is 5.82. The van der Waals surface area contributed by atoms with Crippen LogP contribution in [0.5, 0.6) is 5.75 Å². The van der Waals surface area contributed by atoms with E-state index in [-0.39, 0.29) is 41.6 Å². The van der Waals surface area contributed by atoms with Gasteiger partial charge in [0.05, 0.1) is 17.3 Å². The molecule has 2 aromatic rings. The van der Waals surface area contributed by atoms with Crippen molar-refractivity contribution in [1.29, 1.82) is 0 Å². The third-order valence-electron chi connectivity index (χ3n) is 7.44. The molecule has 0 aliphatic carbocycles. The quantitative estimate of drug-likeness (QED) is 0.612. The van der Waals surface area contributed by atoms with Gasteiger partial charge in [-0.15, -0.1) is 10.2 Å². The summed E-state index contributed by atoms with van der Waals surface area (Å²) in [6.45, 7) is 11.5. The highest BCUT2D eigenvalue weighted by Gasteiger charge is 2.44. The number of halogens is 1. The van der Waals surface area contributed by atoms with Gasteiger partial charge in [0.2, 0.25) is 5.91 Å². The number of anilines is 2. The number of piperazine rings is 1. The molecule has 1 aromatic heterocycles. The van der Waals surface area contributed by atoms with Crippen molar-refractivity contribution in [3.05, 3.63) is 30.1 Å².